The Labute approximate surface area is 92.5 Å². The van der Waals surface area contributed by atoms with E-state index in [-0.39, 0.29) is 11.8 Å². The van der Waals surface area contributed by atoms with E-state index in [1.54, 1.807) is 6.07 Å². The monoisotopic (exact) mass is 253 g/mol. The largest absolute Gasteiger partial charge is 0.507 e. The molecule has 2 nitrogen and oxygen atoms in total. The molecular weight excluding hydrogens is 242 g/mol. The third-order valence-corrected chi connectivity index (χ3v) is 2.51. The topological polar surface area (TPSA) is 32.3 Å². The van der Waals surface area contributed by atoms with Gasteiger partial charge in [-0.1, -0.05) is 12.0 Å². The Morgan fingerprint density at radius 1 is 1.64 bits per heavy atom. The van der Waals surface area contributed by atoms with Crippen LogP contribution in [0.4, 0.5) is 0 Å². The molecule has 3 heteroatoms. The van der Waals surface area contributed by atoms with Gasteiger partial charge in [0.2, 0.25) is 0 Å². The van der Waals surface area contributed by atoms with E-state index in [4.69, 9.17) is 6.42 Å². The fourth-order valence-corrected chi connectivity index (χ4v) is 1.42. The molecule has 0 aliphatic heterocycles. The fraction of sp³-hybridized carbons (Fsp3) is 0.273. The Morgan fingerprint density at radius 3 is 2.93 bits per heavy atom. The first-order chi connectivity index (χ1) is 6.63. The van der Waals surface area contributed by atoms with Crippen LogP contribution >= 0.6 is 15.9 Å². The number of phenols is 1. The summed E-state index contributed by atoms with van der Waals surface area (Å²) in [4.78, 5) is 0. The van der Waals surface area contributed by atoms with Gasteiger partial charge in [-0.25, -0.2) is 0 Å². The van der Waals surface area contributed by atoms with E-state index in [9.17, 15) is 5.11 Å². The van der Waals surface area contributed by atoms with Crippen molar-refractivity contribution in [3.8, 4) is 18.1 Å². The van der Waals surface area contributed by atoms with Gasteiger partial charge in [-0.2, -0.15) is 0 Å². The zero-order valence-electron chi connectivity index (χ0n) is 7.92. The number of halogens is 1. The Kier molecular flexibility index (Phi) is 3.99. The van der Waals surface area contributed by atoms with E-state index >= 15 is 0 Å². The van der Waals surface area contributed by atoms with Crippen LogP contribution in [0.15, 0.2) is 22.7 Å². The van der Waals surface area contributed by atoms with Crippen molar-refractivity contribution in [1.29, 1.82) is 0 Å². The quantitative estimate of drug-likeness (QED) is 0.811. The predicted molar refractivity (Wildman–Crippen MR) is 60.9 cm³/mol. The van der Waals surface area contributed by atoms with Crippen LogP contribution in [-0.4, -0.2) is 11.1 Å². The van der Waals surface area contributed by atoms with Crippen molar-refractivity contribution in [2.45, 2.75) is 19.5 Å². The highest BCUT2D eigenvalue weighted by molar-refractivity contribution is 9.10. The van der Waals surface area contributed by atoms with Crippen LogP contribution in [0.5, 0.6) is 5.75 Å². The highest BCUT2D eigenvalue weighted by Gasteiger charge is 2.00. The molecule has 0 aromatic heterocycles. The summed E-state index contributed by atoms with van der Waals surface area (Å²) in [6.07, 6.45) is 5.23. The first-order valence-electron chi connectivity index (χ1n) is 4.30. The van der Waals surface area contributed by atoms with Crippen molar-refractivity contribution in [2.75, 3.05) is 0 Å². The molecule has 0 amide bonds. The number of rotatable bonds is 3. The average Bonchev–Trinajstić information content (AvgIpc) is 2.19. The van der Waals surface area contributed by atoms with Gasteiger partial charge in [-0.15, -0.1) is 6.42 Å². The molecule has 14 heavy (non-hydrogen) atoms. The van der Waals surface area contributed by atoms with Crippen LogP contribution in [0.1, 0.15) is 12.5 Å². The van der Waals surface area contributed by atoms with E-state index in [2.05, 4.69) is 27.2 Å². The number of hydrogen-bond donors (Lipinski definition) is 2. The zero-order valence-corrected chi connectivity index (χ0v) is 9.51. The smallest absolute Gasteiger partial charge is 0.129 e. The van der Waals surface area contributed by atoms with Crippen molar-refractivity contribution in [3.63, 3.8) is 0 Å². The molecule has 0 aliphatic carbocycles. The molecule has 2 N–H and O–H groups in total. The van der Waals surface area contributed by atoms with Crippen molar-refractivity contribution < 1.29 is 5.11 Å². The molecule has 0 bridgehead atoms. The van der Waals surface area contributed by atoms with Crippen LogP contribution in [0.25, 0.3) is 0 Å². The van der Waals surface area contributed by atoms with Crippen LogP contribution in [-0.2, 0) is 6.54 Å². The highest BCUT2D eigenvalue weighted by Crippen LogP contribution is 2.24. The molecular formula is C11H12BrNO. The molecule has 0 spiro atoms. The first kappa shape index (κ1) is 11.1. The predicted octanol–water partition coefficient (Wildman–Crippen LogP) is 2.27. The maximum atomic E-state index is 9.27. The number of hydrogen-bond acceptors (Lipinski definition) is 2. The van der Waals surface area contributed by atoms with E-state index in [0.717, 1.165) is 5.56 Å². The second kappa shape index (κ2) is 5.04. The molecule has 0 radical (unpaired) electrons. The van der Waals surface area contributed by atoms with E-state index in [1.807, 2.05) is 19.1 Å². The Morgan fingerprint density at radius 2 is 2.36 bits per heavy atom. The Balaban J connectivity index is 2.61. The summed E-state index contributed by atoms with van der Waals surface area (Å²) in [5.74, 6) is 2.84. The third-order valence-electron chi connectivity index (χ3n) is 1.87. The normalized spacial score (nSPS) is 12.1. The Bertz CT molecular complexity index is 357. The minimum Gasteiger partial charge on any atom is -0.507 e. The van der Waals surface area contributed by atoms with E-state index in [1.165, 1.54) is 0 Å². The van der Waals surface area contributed by atoms with Gasteiger partial charge < -0.3 is 5.11 Å². The maximum absolute atomic E-state index is 9.27. The first-order valence-corrected chi connectivity index (χ1v) is 5.09. The maximum Gasteiger partial charge on any atom is 0.129 e. The van der Waals surface area contributed by atoms with Crippen LogP contribution < -0.4 is 5.32 Å². The van der Waals surface area contributed by atoms with Crippen LogP contribution in [0.3, 0.4) is 0 Å². The van der Waals surface area contributed by atoms with Crippen LogP contribution in [0, 0.1) is 12.3 Å². The average molecular weight is 254 g/mol. The zero-order chi connectivity index (χ0) is 10.6. The summed E-state index contributed by atoms with van der Waals surface area (Å²) in [5.41, 5.74) is 1.08. The summed E-state index contributed by atoms with van der Waals surface area (Å²) < 4.78 is 0.699. The molecule has 1 aromatic rings. The molecule has 0 aliphatic rings. The summed E-state index contributed by atoms with van der Waals surface area (Å²) in [6, 6.07) is 5.44. The van der Waals surface area contributed by atoms with E-state index in [0.29, 0.717) is 11.0 Å². The van der Waals surface area contributed by atoms with Crippen molar-refractivity contribution >= 4 is 15.9 Å². The minimum atomic E-state index is 0.0579. The van der Waals surface area contributed by atoms with Gasteiger partial charge in [0, 0.05) is 6.54 Å². The lowest BCUT2D eigenvalue weighted by Crippen LogP contribution is -2.23. The standard InChI is InChI=1S/C11H12BrNO/c1-3-8(2)13-7-9-4-5-11(14)10(12)6-9/h1,4-6,8,13-14H,7H2,2H3. The molecule has 0 saturated heterocycles. The number of aromatic hydroxyl groups is 1. The molecule has 74 valence electrons. The number of nitrogens with one attached hydrogen (secondary N) is 1. The molecule has 1 rings (SSSR count). The van der Waals surface area contributed by atoms with Gasteiger partial charge in [-0.05, 0) is 40.5 Å². The molecule has 1 atom stereocenters. The SMILES string of the molecule is C#CC(C)NCc1ccc(O)c(Br)c1. The molecule has 0 fully saturated rings. The fourth-order valence-electron chi connectivity index (χ4n) is 0.990. The van der Waals surface area contributed by atoms with Gasteiger partial charge in [0.15, 0.2) is 0 Å². The lowest BCUT2D eigenvalue weighted by Gasteiger charge is -2.08. The summed E-state index contributed by atoms with van der Waals surface area (Å²) >= 11 is 3.25. The highest BCUT2D eigenvalue weighted by atomic mass is 79.9. The van der Waals surface area contributed by atoms with Gasteiger partial charge in [0.1, 0.15) is 5.75 Å². The molecule has 1 aromatic carbocycles. The number of terminal acetylenes is 1. The third kappa shape index (κ3) is 3.06. The van der Waals surface area contributed by atoms with E-state index < -0.39 is 0 Å². The van der Waals surface area contributed by atoms with Gasteiger partial charge in [0.25, 0.3) is 0 Å². The van der Waals surface area contributed by atoms with Gasteiger partial charge >= 0.3 is 0 Å². The lowest BCUT2D eigenvalue weighted by molar-refractivity contribution is 0.471. The molecule has 1 unspecified atom stereocenters. The molecule has 0 saturated carbocycles. The summed E-state index contributed by atoms with van der Waals surface area (Å²) in [6.45, 7) is 2.62. The minimum absolute atomic E-state index is 0.0579. The number of phenolic OH excluding ortho intramolecular Hbond substituents is 1. The second-order valence-electron chi connectivity index (χ2n) is 3.06. The number of benzene rings is 1. The van der Waals surface area contributed by atoms with Gasteiger partial charge in [0.05, 0.1) is 10.5 Å². The Hall–Kier alpha value is -0.980. The van der Waals surface area contributed by atoms with Gasteiger partial charge in [-0.3, -0.25) is 5.32 Å². The van der Waals surface area contributed by atoms with Crippen molar-refractivity contribution in [1.82, 2.24) is 5.32 Å². The molecule has 0 heterocycles. The van der Waals surface area contributed by atoms with Crippen LogP contribution in [0.2, 0.25) is 0 Å². The summed E-state index contributed by atoms with van der Waals surface area (Å²) in [5, 5.41) is 12.4. The summed E-state index contributed by atoms with van der Waals surface area (Å²) in [7, 11) is 0. The van der Waals surface area contributed by atoms with Crippen molar-refractivity contribution in [2.24, 2.45) is 0 Å². The van der Waals surface area contributed by atoms with Crippen molar-refractivity contribution in [3.05, 3.63) is 28.2 Å². The second-order valence-corrected chi connectivity index (χ2v) is 3.91. The lowest BCUT2D eigenvalue weighted by atomic mass is 10.2.